The highest BCUT2D eigenvalue weighted by atomic mass is 16.4. The predicted molar refractivity (Wildman–Crippen MR) is 208 cm³/mol. The lowest BCUT2D eigenvalue weighted by molar-refractivity contribution is -0.137. The van der Waals surface area contributed by atoms with Gasteiger partial charge in [-0.15, -0.1) is 0 Å². The molecule has 2 atom stereocenters. The fraction of sp³-hybridized carbons (Fsp3) is 0.295. The molecule has 0 spiro atoms. The third-order valence-electron chi connectivity index (χ3n) is 10.8. The smallest absolute Gasteiger partial charge is 0.305 e. The predicted octanol–water partition coefficient (Wildman–Crippen LogP) is 8.02. The Bertz CT molecular complexity index is 2080. The summed E-state index contributed by atoms with van der Waals surface area (Å²) in [5.74, 6) is -1.85. The van der Waals surface area contributed by atoms with Crippen molar-refractivity contribution in [3.8, 4) is 0 Å². The molecule has 8 heteroatoms. The molecule has 268 valence electrons. The minimum Gasteiger partial charge on any atom is -0.481 e. The van der Waals surface area contributed by atoms with Crippen molar-refractivity contribution >= 4 is 40.0 Å². The lowest BCUT2D eigenvalue weighted by Crippen LogP contribution is -2.41. The van der Waals surface area contributed by atoms with Crippen LogP contribution in [0.1, 0.15) is 67.1 Å². The highest BCUT2D eigenvalue weighted by Gasteiger charge is 2.45. The fourth-order valence-corrected chi connectivity index (χ4v) is 8.16. The topological polar surface area (TPSA) is 110 Å². The molecule has 0 aliphatic carbocycles. The van der Waals surface area contributed by atoms with Crippen LogP contribution in [0.2, 0.25) is 0 Å². The minimum atomic E-state index is -0.858. The molecule has 2 unspecified atom stereocenters. The Labute approximate surface area is 305 Å². The number of allylic oxidation sites excluding steroid dienone is 5. The number of nitrogens with one attached hydrogen (secondary N) is 1. The second kappa shape index (κ2) is 14.9. The first-order valence-electron chi connectivity index (χ1n) is 17.9. The van der Waals surface area contributed by atoms with E-state index in [4.69, 9.17) is 0 Å². The van der Waals surface area contributed by atoms with Gasteiger partial charge in [0.1, 0.15) is 0 Å². The number of carboxylic acids is 2. The zero-order valence-corrected chi connectivity index (χ0v) is 30.3. The maximum atomic E-state index is 12.6. The summed E-state index contributed by atoms with van der Waals surface area (Å²) in [5, 5.41) is 24.0. The lowest BCUT2D eigenvalue weighted by atomic mass is 9.76. The summed E-state index contributed by atoms with van der Waals surface area (Å²) in [6.07, 6.45) is 12.0. The number of carbonyl (C=O) groups excluding carboxylic acids is 1. The monoisotopic (exact) mass is 697 g/mol. The van der Waals surface area contributed by atoms with Crippen LogP contribution in [0.3, 0.4) is 0 Å². The van der Waals surface area contributed by atoms with E-state index in [1.54, 1.807) is 7.05 Å². The average Bonchev–Trinajstić information content (AvgIpc) is 3.51. The van der Waals surface area contributed by atoms with Gasteiger partial charge in [-0.1, -0.05) is 98.8 Å². The number of anilines is 2. The Balaban J connectivity index is 1.34. The van der Waals surface area contributed by atoms with Crippen LogP contribution >= 0.6 is 0 Å². The molecule has 0 bridgehead atoms. The molecule has 2 heterocycles. The van der Waals surface area contributed by atoms with E-state index in [2.05, 4.69) is 96.6 Å². The highest BCUT2D eigenvalue weighted by molar-refractivity contribution is 6.01. The van der Waals surface area contributed by atoms with Gasteiger partial charge in [0.25, 0.3) is 5.91 Å². The first-order valence-corrected chi connectivity index (χ1v) is 17.9. The van der Waals surface area contributed by atoms with Crippen molar-refractivity contribution in [1.82, 2.24) is 5.32 Å². The van der Waals surface area contributed by atoms with Gasteiger partial charge >= 0.3 is 11.9 Å². The van der Waals surface area contributed by atoms with Gasteiger partial charge in [-0.25, -0.2) is 0 Å². The summed E-state index contributed by atoms with van der Waals surface area (Å²) < 4.78 is 0. The standard InChI is InChI=1S/C44H47N3O5/c1-43(2)37(47(28-25-40(50)51)36-22-21-31-19-20-32(42(52)45-4)29-33(31)41(36)43)17-9-6-10-18-38-44(3,26-23-30-13-7-5-8-14-30)34-15-11-12-16-35(34)46(38)27-24-39(48)49/h5-22,29,37H,23-28H2,1-4H3,(H,45,52)(H,48,49)(H,50,51). The molecule has 2 aliphatic rings. The number of benzene rings is 4. The third kappa shape index (κ3) is 6.98. The van der Waals surface area contributed by atoms with Crippen molar-refractivity contribution in [2.45, 2.75) is 63.3 Å². The number of hydrogen-bond acceptors (Lipinski definition) is 5. The molecular weight excluding hydrogens is 651 g/mol. The number of carboxylic acid groups (broad SMARTS) is 2. The number of aryl methyl sites for hydroxylation is 1. The van der Waals surface area contributed by atoms with E-state index >= 15 is 0 Å². The molecule has 52 heavy (non-hydrogen) atoms. The molecule has 2 aliphatic heterocycles. The molecule has 3 N–H and O–H groups in total. The van der Waals surface area contributed by atoms with Crippen LogP contribution in [0.15, 0.2) is 121 Å². The molecule has 4 aromatic carbocycles. The summed E-state index contributed by atoms with van der Waals surface area (Å²) in [7, 11) is 1.62. The third-order valence-corrected chi connectivity index (χ3v) is 10.8. The second-order valence-electron chi connectivity index (χ2n) is 14.4. The SMILES string of the molecule is CNC(=O)c1ccc2ccc3c(c2c1)C(C)(C)C(C=CC=CC=C1N(CCC(=O)O)c2ccccc2C1(C)CCc1ccccc1)N3CCC(=O)O. The Morgan fingerprint density at radius 2 is 1.50 bits per heavy atom. The van der Waals surface area contributed by atoms with Gasteiger partial charge in [0.05, 0.1) is 18.9 Å². The van der Waals surface area contributed by atoms with Crippen LogP contribution in [0.4, 0.5) is 11.4 Å². The molecule has 0 radical (unpaired) electrons. The Kier molecular flexibility index (Phi) is 10.4. The molecule has 0 fully saturated rings. The first-order chi connectivity index (χ1) is 25.0. The van der Waals surface area contributed by atoms with E-state index in [0.29, 0.717) is 18.7 Å². The maximum absolute atomic E-state index is 12.6. The number of fused-ring (bicyclic) bond motifs is 4. The fourth-order valence-electron chi connectivity index (χ4n) is 8.16. The zero-order valence-electron chi connectivity index (χ0n) is 30.3. The highest BCUT2D eigenvalue weighted by Crippen LogP contribution is 2.51. The van der Waals surface area contributed by atoms with Crippen molar-refractivity contribution in [2.75, 3.05) is 29.9 Å². The number of aliphatic carboxylic acids is 2. The molecule has 4 aromatic rings. The van der Waals surface area contributed by atoms with Crippen LogP contribution in [0.25, 0.3) is 10.8 Å². The molecule has 6 rings (SSSR count). The van der Waals surface area contributed by atoms with E-state index in [9.17, 15) is 24.6 Å². The van der Waals surface area contributed by atoms with Crippen LogP contribution in [0, 0.1) is 0 Å². The van der Waals surface area contributed by atoms with Gasteiger partial charge in [-0.2, -0.15) is 0 Å². The van der Waals surface area contributed by atoms with Crippen LogP contribution < -0.4 is 15.1 Å². The summed E-state index contributed by atoms with van der Waals surface area (Å²) in [6.45, 7) is 7.31. The molecule has 0 saturated heterocycles. The summed E-state index contributed by atoms with van der Waals surface area (Å²) in [6, 6.07) is 28.4. The summed E-state index contributed by atoms with van der Waals surface area (Å²) in [5.41, 5.74) is 6.45. The molecule has 8 nitrogen and oxygen atoms in total. The second-order valence-corrected chi connectivity index (χ2v) is 14.4. The zero-order chi connectivity index (χ0) is 37.0. The van der Waals surface area contributed by atoms with E-state index in [0.717, 1.165) is 46.2 Å². The molecule has 0 aromatic heterocycles. The van der Waals surface area contributed by atoms with Crippen molar-refractivity contribution in [3.63, 3.8) is 0 Å². The van der Waals surface area contributed by atoms with E-state index < -0.39 is 17.4 Å². The van der Waals surface area contributed by atoms with E-state index in [1.165, 1.54) is 11.1 Å². The summed E-state index contributed by atoms with van der Waals surface area (Å²) >= 11 is 0. The van der Waals surface area contributed by atoms with Crippen LogP contribution in [0.5, 0.6) is 0 Å². The van der Waals surface area contributed by atoms with Crippen molar-refractivity contribution in [3.05, 3.63) is 143 Å². The van der Waals surface area contributed by atoms with Gasteiger partial charge in [-0.05, 0) is 77.6 Å². The quantitative estimate of drug-likeness (QED) is 0.121. The number of para-hydroxylation sites is 1. The Morgan fingerprint density at radius 1 is 0.808 bits per heavy atom. The molecule has 0 saturated carbocycles. The first kappa shape index (κ1) is 36.2. The normalized spacial score (nSPS) is 19.8. The minimum absolute atomic E-state index is 0.00752. The number of hydrogen-bond donors (Lipinski definition) is 3. The van der Waals surface area contributed by atoms with Gasteiger partial charge in [-0.3, -0.25) is 14.4 Å². The van der Waals surface area contributed by atoms with Gasteiger partial charge in [0.15, 0.2) is 0 Å². The van der Waals surface area contributed by atoms with Gasteiger partial charge < -0.3 is 25.3 Å². The number of nitrogens with zero attached hydrogens (tertiary/aromatic N) is 2. The van der Waals surface area contributed by atoms with Crippen LogP contribution in [-0.2, 0) is 26.8 Å². The van der Waals surface area contributed by atoms with Gasteiger partial charge in [0.2, 0.25) is 0 Å². The largest absolute Gasteiger partial charge is 0.481 e. The number of rotatable bonds is 13. The van der Waals surface area contributed by atoms with Crippen molar-refractivity contribution in [1.29, 1.82) is 0 Å². The summed E-state index contributed by atoms with van der Waals surface area (Å²) in [4.78, 5) is 40.4. The average molecular weight is 698 g/mol. The molecular formula is C44H47N3O5. The van der Waals surface area contributed by atoms with Gasteiger partial charge in [0, 0.05) is 53.6 Å². The Hall–Kier alpha value is -5.63. The number of carbonyl (C=O) groups is 3. The van der Waals surface area contributed by atoms with Crippen LogP contribution in [-0.4, -0.2) is 54.2 Å². The van der Waals surface area contributed by atoms with Crippen molar-refractivity contribution < 1.29 is 24.6 Å². The van der Waals surface area contributed by atoms with Crippen molar-refractivity contribution in [2.24, 2.45) is 0 Å². The Morgan fingerprint density at radius 3 is 2.23 bits per heavy atom. The molecule has 1 amide bonds. The maximum Gasteiger partial charge on any atom is 0.305 e. The van der Waals surface area contributed by atoms with E-state index in [-0.39, 0.29) is 30.2 Å². The number of amides is 1. The van der Waals surface area contributed by atoms with E-state index in [1.807, 2.05) is 54.6 Å². The lowest BCUT2D eigenvalue weighted by Gasteiger charge is -2.32.